The standard InChI is InChI=1S/C27H38N2O6/c1-7-12-20-13-9-10-14-21(20)22(19(3)8-2)17-34-24(32)28-27(23(30)31)15-11-16-29(18-27)25(33)35-26(4,5)6/h7-10,13-14,19,22H,1-2,11-12,15-18H2,3-6H3,(H,28,32)(H,30,31). The Kier molecular flexibility index (Phi) is 9.51. The lowest BCUT2D eigenvalue weighted by Crippen LogP contribution is -2.64. The molecule has 0 spiro atoms. The first-order valence-corrected chi connectivity index (χ1v) is 11.9. The first-order valence-electron chi connectivity index (χ1n) is 11.9. The fourth-order valence-electron chi connectivity index (χ4n) is 4.19. The number of carboxylic acid groups (broad SMARTS) is 1. The number of carbonyl (C=O) groups is 3. The highest BCUT2D eigenvalue weighted by Crippen LogP contribution is 2.30. The normalized spacial score (nSPS) is 19.7. The Labute approximate surface area is 208 Å². The Balaban J connectivity index is 2.15. The number of allylic oxidation sites excluding steroid dienone is 2. The van der Waals surface area contributed by atoms with E-state index >= 15 is 0 Å². The van der Waals surface area contributed by atoms with Crippen molar-refractivity contribution in [2.24, 2.45) is 5.92 Å². The minimum atomic E-state index is -1.66. The van der Waals surface area contributed by atoms with Gasteiger partial charge in [0, 0.05) is 12.5 Å². The van der Waals surface area contributed by atoms with Crippen molar-refractivity contribution in [2.45, 2.75) is 64.0 Å². The number of hydrogen-bond donors (Lipinski definition) is 2. The molecule has 35 heavy (non-hydrogen) atoms. The summed E-state index contributed by atoms with van der Waals surface area (Å²) in [5.41, 5.74) is -0.278. The second kappa shape index (κ2) is 11.9. The summed E-state index contributed by atoms with van der Waals surface area (Å²) in [4.78, 5) is 38.9. The van der Waals surface area contributed by atoms with Crippen molar-refractivity contribution in [1.29, 1.82) is 0 Å². The maximum absolute atomic E-state index is 12.8. The molecule has 8 nitrogen and oxygen atoms in total. The van der Waals surface area contributed by atoms with Crippen molar-refractivity contribution in [1.82, 2.24) is 10.2 Å². The maximum Gasteiger partial charge on any atom is 0.410 e. The summed E-state index contributed by atoms with van der Waals surface area (Å²) < 4.78 is 10.9. The number of alkyl carbamates (subject to hydrolysis) is 1. The average Bonchev–Trinajstić information content (AvgIpc) is 2.79. The summed E-state index contributed by atoms with van der Waals surface area (Å²) in [5.74, 6) is -1.39. The number of nitrogens with one attached hydrogen (secondary N) is 1. The highest BCUT2D eigenvalue weighted by molar-refractivity contribution is 5.85. The molecule has 0 radical (unpaired) electrons. The van der Waals surface area contributed by atoms with Gasteiger partial charge in [0.15, 0.2) is 5.54 Å². The molecule has 1 aromatic rings. The molecule has 1 saturated heterocycles. The zero-order valence-electron chi connectivity index (χ0n) is 21.2. The van der Waals surface area contributed by atoms with Crippen LogP contribution in [0.5, 0.6) is 0 Å². The predicted molar refractivity (Wildman–Crippen MR) is 134 cm³/mol. The number of rotatable bonds is 9. The van der Waals surface area contributed by atoms with Crippen LogP contribution in [0.25, 0.3) is 0 Å². The van der Waals surface area contributed by atoms with Crippen LogP contribution in [0, 0.1) is 5.92 Å². The van der Waals surface area contributed by atoms with Gasteiger partial charge in [-0.3, -0.25) is 0 Å². The Morgan fingerprint density at radius 2 is 1.94 bits per heavy atom. The zero-order chi connectivity index (χ0) is 26.2. The zero-order valence-corrected chi connectivity index (χ0v) is 21.2. The van der Waals surface area contributed by atoms with Gasteiger partial charge < -0.3 is 24.8 Å². The summed E-state index contributed by atoms with van der Waals surface area (Å²) >= 11 is 0. The van der Waals surface area contributed by atoms with Crippen LogP contribution in [0.15, 0.2) is 49.6 Å². The molecule has 2 rings (SSSR count). The number of carbonyl (C=O) groups excluding carboxylic acids is 2. The molecule has 3 unspecified atom stereocenters. The molecule has 1 aromatic carbocycles. The second-order valence-electron chi connectivity index (χ2n) is 10.0. The smallest absolute Gasteiger partial charge is 0.410 e. The van der Waals surface area contributed by atoms with Gasteiger partial charge in [0.05, 0.1) is 6.54 Å². The molecule has 2 N–H and O–H groups in total. The van der Waals surface area contributed by atoms with Crippen molar-refractivity contribution >= 4 is 18.2 Å². The molecule has 8 heteroatoms. The molecule has 192 valence electrons. The maximum atomic E-state index is 12.8. The Morgan fingerprint density at radius 1 is 1.26 bits per heavy atom. The number of carboxylic acids is 1. The van der Waals surface area contributed by atoms with Gasteiger partial charge in [-0.15, -0.1) is 13.2 Å². The average molecular weight is 487 g/mol. The molecule has 2 amide bonds. The molecule has 1 aliphatic rings. The Morgan fingerprint density at radius 3 is 2.54 bits per heavy atom. The fraction of sp³-hybridized carbons (Fsp3) is 0.519. The van der Waals surface area contributed by atoms with E-state index in [-0.39, 0.29) is 31.4 Å². The third kappa shape index (κ3) is 7.60. The third-order valence-electron chi connectivity index (χ3n) is 6.11. The molecule has 3 atom stereocenters. The number of benzene rings is 1. The quantitative estimate of drug-likeness (QED) is 0.481. The van der Waals surface area contributed by atoms with E-state index in [1.54, 1.807) is 26.8 Å². The Bertz CT molecular complexity index is 938. The van der Waals surface area contributed by atoms with Crippen LogP contribution in [-0.4, -0.2) is 59.0 Å². The first-order chi connectivity index (χ1) is 16.4. The summed E-state index contributed by atoms with van der Waals surface area (Å²) in [6.45, 7) is 15.1. The van der Waals surface area contributed by atoms with Crippen LogP contribution in [0.4, 0.5) is 9.59 Å². The van der Waals surface area contributed by atoms with Crippen LogP contribution in [-0.2, 0) is 20.7 Å². The number of nitrogens with zero attached hydrogens (tertiary/aromatic N) is 1. The van der Waals surface area contributed by atoms with E-state index < -0.39 is 29.3 Å². The molecule has 1 heterocycles. The van der Waals surface area contributed by atoms with Gasteiger partial charge in [-0.1, -0.05) is 43.3 Å². The molecule has 0 bridgehead atoms. The molecular formula is C27H38N2O6. The van der Waals surface area contributed by atoms with Crippen LogP contribution in [0.3, 0.4) is 0 Å². The molecule has 1 fully saturated rings. The summed E-state index contributed by atoms with van der Waals surface area (Å²) in [7, 11) is 0. The van der Waals surface area contributed by atoms with Gasteiger partial charge in [0.1, 0.15) is 12.2 Å². The van der Waals surface area contributed by atoms with E-state index in [0.717, 1.165) is 11.1 Å². The topological polar surface area (TPSA) is 105 Å². The van der Waals surface area contributed by atoms with Gasteiger partial charge in [-0.2, -0.15) is 0 Å². The van der Waals surface area contributed by atoms with Gasteiger partial charge >= 0.3 is 18.2 Å². The second-order valence-corrected chi connectivity index (χ2v) is 10.0. The van der Waals surface area contributed by atoms with Crippen molar-refractivity contribution in [2.75, 3.05) is 19.7 Å². The SMILES string of the molecule is C=CCc1ccccc1C(COC(=O)NC1(C(=O)O)CCCN(C(=O)OC(C)(C)C)C1)C(C)C=C. The lowest BCUT2D eigenvalue weighted by molar-refractivity contribution is -0.147. The molecule has 0 saturated carbocycles. The number of hydrogen-bond acceptors (Lipinski definition) is 5. The van der Waals surface area contributed by atoms with Crippen molar-refractivity contribution in [3.8, 4) is 0 Å². The van der Waals surface area contributed by atoms with E-state index in [9.17, 15) is 19.5 Å². The van der Waals surface area contributed by atoms with E-state index in [1.165, 1.54) is 4.90 Å². The summed E-state index contributed by atoms with van der Waals surface area (Å²) in [5, 5.41) is 12.5. The predicted octanol–water partition coefficient (Wildman–Crippen LogP) is 4.90. The lowest BCUT2D eigenvalue weighted by atomic mass is 9.84. The van der Waals surface area contributed by atoms with Gasteiger partial charge in [-0.05, 0) is 57.1 Å². The highest BCUT2D eigenvalue weighted by atomic mass is 16.6. The number of amides is 2. The number of aliphatic carboxylic acids is 1. The number of ether oxygens (including phenoxy) is 2. The highest BCUT2D eigenvalue weighted by Gasteiger charge is 2.46. The van der Waals surface area contributed by atoms with Crippen molar-refractivity contribution in [3.05, 3.63) is 60.7 Å². The van der Waals surface area contributed by atoms with Gasteiger partial charge in [0.2, 0.25) is 0 Å². The van der Waals surface area contributed by atoms with E-state index in [0.29, 0.717) is 19.4 Å². The largest absolute Gasteiger partial charge is 0.479 e. The third-order valence-corrected chi connectivity index (χ3v) is 6.11. The first kappa shape index (κ1) is 28.0. The number of likely N-dealkylation sites (tertiary alicyclic amines) is 1. The summed E-state index contributed by atoms with van der Waals surface area (Å²) in [6, 6.07) is 7.87. The molecule has 0 aliphatic carbocycles. The summed E-state index contributed by atoms with van der Waals surface area (Å²) in [6.07, 6.45) is 3.40. The minimum Gasteiger partial charge on any atom is -0.479 e. The van der Waals surface area contributed by atoms with Crippen LogP contribution in [0.1, 0.15) is 57.6 Å². The lowest BCUT2D eigenvalue weighted by Gasteiger charge is -2.40. The van der Waals surface area contributed by atoms with Gasteiger partial charge in [-0.25, -0.2) is 14.4 Å². The van der Waals surface area contributed by atoms with E-state index in [1.807, 2.05) is 37.3 Å². The van der Waals surface area contributed by atoms with Crippen molar-refractivity contribution in [3.63, 3.8) is 0 Å². The molecule has 1 aliphatic heterocycles. The molecular weight excluding hydrogens is 448 g/mol. The fourth-order valence-corrected chi connectivity index (χ4v) is 4.19. The molecule has 0 aromatic heterocycles. The van der Waals surface area contributed by atoms with E-state index in [4.69, 9.17) is 9.47 Å². The monoisotopic (exact) mass is 486 g/mol. The van der Waals surface area contributed by atoms with Crippen LogP contribution in [0.2, 0.25) is 0 Å². The number of piperidine rings is 1. The van der Waals surface area contributed by atoms with Gasteiger partial charge in [0.25, 0.3) is 0 Å². The van der Waals surface area contributed by atoms with Crippen LogP contribution >= 0.6 is 0 Å². The van der Waals surface area contributed by atoms with Crippen LogP contribution < -0.4 is 5.32 Å². The Hall–Kier alpha value is -3.29. The minimum absolute atomic E-state index is 0.000426. The van der Waals surface area contributed by atoms with E-state index in [2.05, 4.69) is 18.5 Å². The van der Waals surface area contributed by atoms with Crippen molar-refractivity contribution < 1.29 is 29.0 Å².